The van der Waals surface area contributed by atoms with E-state index in [1.165, 1.54) is 17.3 Å². The Morgan fingerprint density at radius 2 is 1.76 bits per heavy atom. The third-order valence-electron chi connectivity index (χ3n) is 5.00. The van der Waals surface area contributed by atoms with Gasteiger partial charge in [0.05, 0.1) is 24.0 Å². The fourth-order valence-corrected chi connectivity index (χ4v) is 7.08. The van der Waals surface area contributed by atoms with Crippen molar-refractivity contribution in [3.8, 4) is 0 Å². The summed E-state index contributed by atoms with van der Waals surface area (Å²) in [5.74, 6) is 0.330. The summed E-state index contributed by atoms with van der Waals surface area (Å²) in [6.45, 7) is 2.56. The highest BCUT2D eigenvalue weighted by molar-refractivity contribution is 8.15. The Bertz CT molecular complexity index is 1030. The third kappa shape index (κ3) is 5.19. The van der Waals surface area contributed by atoms with Crippen LogP contribution in [0.25, 0.3) is 0 Å². The van der Waals surface area contributed by atoms with Crippen LogP contribution in [0.5, 0.6) is 0 Å². The number of aryl methyl sites for hydroxylation is 1. The first kappa shape index (κ1) is 20.0. The van der Waals surface area contributed by atoms with Crippen LogP contribution in [0.2, 0.25) is 0 Å². The van der Waals surface area contributed by atoms with Crippen molar-refractivity contribution in [2.24, 2.45) is 4.99 Å². The Hall–Kier alpha value is -2.32. The van der Waals surface area contributed by atoms with Crippen molar-refractivity contribution in [1.82, 2.24) is 5.32 Å². The van der Waals surface area contributed by atoms with Gasteiger partial charge in [0.15, 0.2) is 15.0 Å². The van der Waals surface area contributed by atoms with Gasteiger partial charge in [-0.05, 0) is 30.2 Å². The summed E-state index contributed by atoms with van der Waals surface area (Å²) in [6.07, 6.45) is 0.323. The molecule has 0 saturated carbocycles. The fraction of sp³-hybridized carbons (Fsp3) is 0.333. The summed E-state index contributed by atoms with van der Waals surface area (Å²) in [5.41, 5.74) is 4.09. The van der Waals surface area contributed by atoms with Gasteiger partial charge >= 0.3 is 0 Å². The van der Waals surface area contributed by atoms with Gasteiger partial charge < -0.3 is 10.6 Å². The van der Waals surface area contributed by atoms with Crippen molar-refractivity contribution in [3.63, 3.8) is 0 Å². The molecule has 0 aliphatic carbocycles. The second-order valence-corrected chi connectivity index (χ2v) is 10.9. The summed E-state index contributed by atoms with van der Waals surface area (Å²) < 4.78 is 23.3. The lowest BCUT2D eigenvalue weighted by atomic mass is 10.1. The van der Waals surface area contributed by atoms with Crippen molar-refractivity contribution in [2.75, 3.05) is 16.8 Å². The largest absolute Gasteiger partial charge is 0.352 e. The second-order valence-electron chi connectivity index (χ2n) is 7.50. The lowest BCUT2D eigenvalue weighted by Gasteiger charge is -2.09. The molecule has 8 heteroatoms. The van der Waals surface area contributed by atoms with Crippen molar-refractivity contribution in [2.45, 2.75) is 31.2 Å². The third-order valence-corrected chi connectivity index (χ3v) is 8.14. The highest BCUT2D eigenvalue weighted by atomic mass is 32.2. The van der Waals surface area contributed by atoms with E-state index >= 15 is 0 Å². The van der Waals surface area contributed by atoms with E-state index in [4.69, 9.17) is 0 Å². The summed E-state index contributed by atoms with van der Waals surface area (Å²) in [4.78, 5) is 16.7. The van der Waals surface area contributed by atoms with Crippen molar-refractivity contribution in [1.29, 1.82) is 0 Å². The zero-order valence-corrected chi connectivity index (χ0v) is 17.7. The Morgan fingerprint density at radius 1 is 1.07 bits per heavy atom. The summed E-state index contributed by atoms with van der Waals surface area (Å²) in [5, 5.41) is 6.98. The van der Waals surface area contributed by atoms with Crippen LogP contribution in [0, 0.1) is 6.92 Å². The van der Waals surface area contributed by atoms with Crippen LogP contribution >= 0.6 is 11.8 Å². The molecule has 2 heterocycles. The minimum absolute atomic E-state index is 0.0176. The molecular weight excluding hydrogens is 406 g/mol. The standard InChI is InChI=1S/C21H23N3O3S2/c1-14-2-4-16(5-3-14)11-22-20(25)10-15-6-8-17(9-7-15)23-21-24-18-12-29(26,27)13-19(18)28-21/h2-9,18-19H,10-13H2,1H3,(H,22,25)(H,23,24)/t18-,19-/m0/s1. The Morgan fingerprint density at radius 3 is 2.45 bits per heavy atom. The highest BCUT2D eigenvalue weighted by Crippen LogP contribution is 2.34. The molecule has 0 unspecified atom stereocenters. The average Bonchev–Trinajstić information content (AvgIpc) is 3.15. The number of thioether (sulfide) groups is 1. The van der Waals surface area contributed by atoms with E-state index in [2.05, 4.69) is 15.6 Å². The minimum Gasteiger partial charge on any atom is -0.352 e. The predicted octanol–water partition coefficient (Wildman–Crippen LogP) is 2.53. The minimum atomic E-state index is -2.94. The maximum Gasteiger partial charge on any atom is 0.224 e. The molecule has 1 amide bonds. The monoisotopic (exact) mass is 429 g/mol. The zero-order chi connectivity index (χ0) is 20.4. The van der Waals surface area contributed by atoms with Crippen molar-refractivity contribution >= 4 is 38.4 Å². The summed E-state index contributed by atoms with van der Waals surface area (Å²) in [6, 6.07) is 15.6. The number of amides is 1. The van der Waals surface area contributed by atoms with Gasteiger partial charge in [0.1, 0.15) is 0 Å². The molecule has 1 fully saturated rings. The number of carbonyl (C=O) groups excluding carboxylic acids is 1. The molecule has 0 bridgehead atoms. The summed E-state index contributed by atoms with van der Waals surface area (Å²) >= 11 is 1.49. The van der Waals surface area contributed by atoms with Gasteiger partial charge in [0, 0.05) is 17.5 Å². The molecule has 29 heavy (non-hydrogen) atoms. The van der Waals surface area contributed by atoms with Crippen LogP contribution < -0.4 is 10.6 Å². The van der Waals surface area contributed by atoms with E-state index in [-0.39, 0.29) is 28.7 Å². The fourth-order valence-electron chi connectivity index (χ4n) is 3.40. The number of sulfone groups is 1. The number of benzene rings is 2. The lowest BCUT2D eigenvalue weighted by Crippen LogP contribution is -2.24. The van der Waals surface area contributed by atoms with E-state index in [9.17, 15) is 13.2 Å². The number of hydrogen-bond donors (Lipinski definition) is 2. The normalized spacial score (nSPS) is 22.0. The van der Waals surface area contributed by atoms with Crippen LogP contribution in [-0.2, 0) is 27.6 Å². The molecule has 2 aliphatic rings. The molecule has 2 aliphatic heterocycles. The molecule has 1 saturated heterocycles. The Kier molecular flexibility index (Phi) is 5.65. The molecule has 6 nitrogen and oxygen atoms in total. The quantitative estimate of drug-likeness (QED) is 0.763. The topological polar surface area (TPSA) is 87.6 Å². The Balaban J connectivity index is 1.27. The second kappa shape index (κ2) is 8.20. The van der Waals surface area contributed by atoms with E-state index < -0.39 is 9.84 Å². The van der Waals surface area contributed by atoms with Crippen molar-refractivity contribution in [3.05, 3.63) is 65.2 Å². The maximum absolute atomic E-state index is 12.2. The summed E-state index contributed by atoms with van der Waals surface area (Å²) in [7, 11) is -2.94. The lowest BCUT2D eigenvalue weighted by molar-refractivity contribution is -0.120. The molecule has 2 N–H and O–H groups in total. The van der Waals surface area contributed by atoms with Crippen LogP contribution in [0.15, 0.2) is 53.5 Å². The van der Waals surface area contributed by atoms with Gasteiger partial charge in [-0.1, -0.05) is 53.7 Å². The Labute approximate surface area is 175 Å². The number of aliphatic imine (C=N–C) groups is 1. The number of fused-ring (bicyclic) bond motifs is 1. The van der Waals surface area contributed by atoms with Crippen LogP contribution in [0.3, 0.4) is 0 Å². The molecule has 2 atom stereocenters. The van der Waals surface area contributed by atoms with Gasteiger partial charge in [-0.25, -0.2) is 8.42 Å². The molecule has 2 aromatic carbocycles. The van der Waals surface area contributed by atoms with Gasteiger partial charge in [-0.15, -0.1) is 0 Å². The highest BCUT2D eigenvalue weighted by Gasteiger charge is 2.42. The molecule has 2 aromatic rings. The zero-order valence-electron chi connectivity index (χ0n) is 16.1. The average molecular weight is 430 g/mol. The predicted molar refractivity (Wildman–Crippen MR) is 118 cm³/mol. The van der Waals surface area contributed by atoms with Crippen LogP contribution in [-0.4, -0.2) is 42.3 Å². The van der Waals surface area contributed by atoms with E-state index in [0.29, 0.717) is 13.0 Å². The molecule has 152 valence electrons. The molecule has 0 spiro atoms. The van der Waals surface area contributed by atoms with Crippen molar-refractivity contribution < 1.29 is 13.2 Å². The van der Waals surface area contributed by atoms with Gasteiger partial charge in [0.2, 0.25) is 5.91 Å². The number of hydrogen-bond acceptors (Lipinski definition) is 6. The van der Waals surface area contributed by atoms with Gasteiger partial charge in [-0.2, -0.15) is 0 Å². The first-order valence-corrected chi connectivity index (χ1v) is 12.2. The van der Waals surface area contributed by atoms with Crippen LogP contribution in [0.4, 0.5) is 5.69 Å². The number of rotatable bonds is 5. The maximum atomic E-state index is 12.2. The van der Waals surface area contributed by atoms with E-state index in [0.717, 1.165) is 22.0 Å². The number of carbonyl (C=O) groups is 1. The SMILES string of the molecule is Cc1ccc(CNC(=O)Cc2ccc(NC3=N[C@H]4CS(=O)(=O)C[C@@H]4S3)cc2)cc1. The molecule has 4 rings (SSSR count). The molecule has 0 radical (unpaired) electrons. The number of nitrogens with zero attached hydrogens (tertiary/aromatic N) is 1. The number of anilines is 1. The first-order valence-electron chi connectivity index (χ1n) is 9.49. The van der Waals surface area contributed by atoms with E-state index in [1.54, 1.807) is 0 Å². The van der Waals surface area contributed by atoms with Gasteiger partial charge in [-0.3, -0.25) is 9.79 Å². The smallest absolute Gasteiger partial charge is 0.224 e. The molecular formula is C21H23N3O3S2. The first-order chi connectivity index (χ1) is 13.9. The number of amidine groups is 1. The van der Waals surface area contributed by atoms with Crippen LogP contribution in [0.1, 0.15) is 16.7 Å². The number of nitrogens with one attached hydrogen (secondary N) is 2. The van der Waals surface area contributed by atoms with E-state index in [1.807, 2.05) is 55.5 Å². The molecule has 0 aromatic heterocycles. The van der Waals surface area contributed by atoms with Gasteiger partial charge in [0.25, 0.3) is 0 Å².